The topological polar surface area (TPSA) is 95.8 Å². The molecule has 3 aromatic rings. The van der Waals surface area contributed by atoms with Gasteiger partial charge in [-0.1, -0.05) is 11.6 Å². The van der Waals surface area contributed by atoms with Gasteiger partial charge in [-0.3, -0.25) is 9.36 Å². The highest BCUT2D eigenvalue weighted by atomic mass is 35.5. The number of pyridine rings is 1. The van der Waals surface area contributed by atoms with Crippen LogP contribution in [0.5, 0.6) is 11.8 Å². The smallest absolute Gasteiger partial charge is 0.431 e. The van der Waals surface area contributed by atoms with Crippen molar-refractivity contribution in [3.05, 3.63) is 44.8 Å². The number of aromatic nitrogens is 3. The zero-order chi connectivity index (χ0) is 32.6. The number of nitrogens with one attached hydrogen (secondary N) is 1. The van der Waals surface area contributed by atoms with Gasteiger partial charge in [0.2, 0.25) is 0 Å². The molecular weight excluding hydrogens is 606 g/mol. The average molecular weight is 635 g/mol. The van der Waals surface area contributed by atoms with Crippen molar-refractivity contribution in [2.24, 2.45) is 0 Å². The third-order valence-corrected chi connectivity index (χ3v) is 8.32. The predicted molar refractivity (Wildman–Crippen MR) is 145 cm³/mol. The summed E-state index contributed by atoms with van der Waals surface area (Å²) < 4.78 is 109. The van der Waals surface area contributed by atoms with Gasteiger partial charge in [-0.2, -0.15) is 36.3 Å². The van der Waals surface area contributed by atoms with E-state index in [9.17, 15) is 36.2 Å². The first-order valence-corrected chi connectivity index (χ1v) is 13.9. The maximum absolute atomic E-state index is 14.6. The number of fused-ring (bicyclic) bond motifs is 3. The number of nitrogens with zero attached hydrogens (tertiary/aromatic N) is 5. The standard InChI is InChI=1S/C27H27ClF6N6O3/c1-38-6-2-3-15(38)12-43-25-36-22-17(23(37-25)39-10-13-4-5-14(11-39)35-13)9-20(26(29,30)31)40(24(22)42)19-8-16(41)7-18(28)21(19)27(32,33)34/h7-9,13-15,35,41H,2-6,10-12H2,1H3/t13-,14+,15-/m0/s1/i12D2. The van der Waals surface area contributed by atoms with E-state index in [4.69, 9.17) is 19.1 Å². The Kier molecular flexibility index (Phi) is 6.78. The van der Waals surface area contributed by atoms with Crippen molar-refractivity contribution in [1.29, 1.82) is 0 Å². The Hall–Kier alpha value is -3.30. The number of rotatable bonds is 5. The van der Waals surface area contributed by atoms with Crippen molar-refractivity contribution in [1.82, 2.24) is 24.8 Å². The predicted octanol–water partition coefficient (Wildman–Crippen LogP) is 4.59. The third-order valence-electron chi connectivity index (χ3n) is 8.02. The van der Waals surface area contributed by atoms with Gasteiger partial charge in [0.15, 0.2) is 0 Å². The minimum Gasteiger partial charge on any atom is -0.508 e. The van der Waals surface area contributed by atoms with Crippen molar-refractivity contribution < 1.29 is 38.9 Å². The molecule has 2 aromatic heterocycles. The van der Waals surface area contributed by atoms with E-state index in [1.807, 2.05) is 0 Å². The number of piperazine rings is 1. The van der Waals surface area contributed by atoms with E-state index in [-0.39, 0.29) is 35.6 Å². The molecule has 3 saturated heterocycles. The number of alkyl halides is 6. The van der Waals surface area contributed by atoms with E-state index in [0.717, 1.165) is 12.8 Å². The second-order valence-corrected chi connectivity index (χ2v) is 11.4. The summed E-state index contributed by atoms with van der Waals surface area (Å²) in [6.07, 6.45) is -8.03. The first kappa shape index (κ1) is 27.3. The molecule has 0 saturated carbocycles. The van der Waals surface area contributed by atoms with Crippen LogP contribution in [0.4, 0.5) is 32.2 Å². The zero-order valence-electron chi connectivity index (χ0n) is 24.6. The summed E-state index contributed by atoms with van der Waals surface area (Å²) in [5, 5.41) is 11.9. The number of benzene rings is 1. The lowest BCUT2D eigenvalue weighted by Crippen LogP contribution is -2.51. The molecule has 2 bridgehead atoms. The summed E-state index contributed by atoms with van der Waals surface area (Å²) in [4.78, 5) is 25.7. The number of hydrogen-bond acceptors (Lipinski definition) is 8. The number of phenols is 1. The summed E-state index contributed by atoms with van der Waals surface area (Å²) in [5.41, 5.74) is -7.29. The van der Waals surface area contributed by atoms with E-state index < -0.39 is 75.1 Å². The van der Waals surface area contributed by atoms with E-state index in [0.29, 0.717) is 37.6 Å². The SMILES string of the molecule is [2H]C([2H])(Oc1nc(N2C[C@H]3CC[C@@H](C2)N3)c2cc(C(F)(F)F)n(-c3cc(O)cc(Cl)c3C(F)(F)F)c(=O)c2n1)[C@@H]1CCCN1C. The van der Waals surface area contributed by atoms with Gasteiger partial charge in [0.25, 0.3) is 5.56 Å². The molecule has 16 heteroatoms. The third kappa shape index (κ3) is 5.57. The van der Waals surface area contributed by atoms with Gasteiger partial charge in [0.05, 0.1) is 24.4 Å². The fourth-order valence-electron chi connectivity index (χ4n) is 6.07. The van der Waals surface area contributed by atoms with Crippen molar-refractivity contribution in [2.45, 2.75) is 56.2 Å². The molecule has 2 N–H and O–H groups in total. The molecule has 3 fully saturated rings. The normalized spacial score (nSPS) is 24.0. The number of likely N-dealkylation sites (N-methyl/N-ethyl adjacent to an activating group) is 1. The summed E-state index contributed by atoms with van der Waals surface area (Å²) >= 11 is 5.76. The highest BCUT2D eigenvalue weighted by Crippen LogP contribution is 2.43. The van der Waals surface area contributed by atoms with Gasteiger partial charge in [-0.25, -0.2) is 0 Å². The van der Waals surface area contributed by atoms with E-state index in [1.165, 1.54) is 0 Å². The van der Waals surface area contributed by atoms with Crippen LogP contribution in [-0.4, -0.2) is 75.9 Å². The molecule has 1 aromatic carbocycles. The number of halogens is 7. The van der Waals surface area contributed by atoms with Crippen LogP contribution in [0, 0.1) is 0 Å². The highest BCUT2D eigenvalue weighted by molar-refractivity contribution is 6.31. The van der Waals surface area contributed by atoms with Crippen LogP contribution in [0.25, 0.3) is 16.6 Å². The number of ether oxygens (including phenoxy) is 1. The monoisotopic (exact) mass is 634 g/mol. The summed E-state index contributed by atoms with van der Waals surface area (Å²) in [7, 11) is 1.69. The van der Waals surface area contributed by atoms with Gasteiger partial charge in [-0.05, 0) is 51.4 Å². The van der Waals surface area contributed by atoms with Gasteiger partial charge in [-0.15, -0.1) is 0 Å². The first-order valence-electron chi connectivity index (χ1n) is 14.5. The second kappa shape index (κ2) is 10.7. The molecule has 3 aliphatic rings. The Labute approximate surface area is 248 Å². The minimum absolute atomic E-state index is 0.0389. The zero-order valence-corrected chi connectivity index (χ0v) is 23.3. The van der Waals surface area contributed by atoms with Crippen molar-refractivity contribution in [3.63, 3.8) is 0 Å². The van der Waals surface area contributed by atoms with Gasteiger partial charge in [0.1, 0.15) is 29.3 Å². The Morgan fingerprint density at radius 3 is 2.40 bits per heavy atom. The van der Waals surface area contributed by atoms with Gasteiger partial charge in [0, 0.05) is 37.3 Å². The maximum atomic E-state index is 14.6. The Morgan fingerprint density at radius 2 is 1.79 bits per heavy atom. The van der Waals surface area contributed by atoms with E-state index in [1.54, 1.807) is 16.8 Å². The number of phenolic OH excluding ortho intramolecular Hbond substituents is 1. The van der Waals surface area contributed by atoms with Crippen molar-refractivity contribution in [2.75, 3.05) is 38.1 Å². The maximum Gasteiger partial charge on any atom is 0.431 e. The van der Waals surface area contributed by atoms with Crippen LogP contribution in [0.2, 0.25) is 5.02 Å². The summed E-state index contributed by atoms with van der Waals surface area (Å²) in [6.45, 7) is -1.25. The lowest BCUT2D eigenvalue weighted by Gasteiger charge is -2.34. The number of anilines is 1. The number of likely N-dealkylation sites (tertiary alicyclic amines) is 1. The lowest BCUT2D eigenvalue weighted by molar-refractivity contribution is -0.144. The molecule has 0 aliphatic carbocycles. The summed E-state index contributed by atoms with van der Waals surface area (Å²) in [6, 6.07) is -0.132. The fourth-order valence-corrected chi connectivity index (χ4v) is 6.39. The molecule has 6 rings (SSSR count). The molecular formula is C27H27ClF6N6O3. The van der Waals surface area contributed by atoms with Crippen LogP contribution in [0.3, 0.4) is 0 Å². The Bertz CT molecular complexity index is 1710. The Morgan fingerprint density at radius 1 is 1.09 bits per heavy atom. The molecule has 0 unspecified atom stereocenters. The average Bonchev–Trinajstić information content (AvgIpc) is 3.50. The molecule has 232 valence electrons. The van der Waals surface area contributed by atoms with Crippen LogP contribution in [0.15, 0.2) is 23.0 Å². The molecule has 0 radical (unpaired) electrons. The first-order chi connectivity index (χ1) is 20.9. The lowest BCUT2D eigenvalue weighted by atomic mass is 10.1. The van der Waals surface area contributed by atoms with Gasteiger partial charge >= 0.3 is 18.4 Å². The van der Waals surface area contributed by atoms with Crippen LogP contribution in [0.1, 0.15) is 39.7 Å². The fraction of sp³-hybridized carbons (Fsp3) is 0.519. The van der Waals surface area contributed by atoms with E-state index >= 15 is 0 Å². The molecule has 9 nitrogen and oxygen atoms in total. The molecule has 0 amide bonds. The molecule has 43 heavy (non-hydrogen) atoms. The van der Waals surface area contributed by atoms with Crippen LogP contribution < -0.4 is 20.5 Å². The molecule has 3 atom stereocenters. The van der Waals surface area contributed by atoms with Gasteiger partial charge < -0.3 is 25.0 Å². The van der Waals surface area contributed by atoms with E-state index in [2.05, 4.69) is 15.3 Å². The molecule has 5 heterocycles. The van der Waals surface area contributed by atoms with Crippen molar-refractivity contribution in [3.8, 4) is 17.4 Å². The second-order valence-electron chi connectivity index (χ2n) is 11.0. The number of aromatic hydroxyl groups is 1. The molecule has 0 spiro atoms. The quantitative estimate of drug-likeness (QED) is 0.394. The Balaban J connectivity index is 1.64. The van der Waals surface area contributed by atoms with Crippen LogP contribution >= 0.6 is 11.6 Å². The van der Waals surface area contributed by atoms with Crippen molar-refractivity contribution >= 4 is 28.3 Å². The highest BCUT2D eigenvalue weighted by Gasteiger charge is 2.42. The van der Waals surface area contributed by atoms with Crippen LogP contribution in [-0.2, 0) is 12.4 Å². The summed E-state index contributed by atoms with van der Waals surface area (Å²) in [5.74, 6) is -1.07. The molecule has 3 aliphatic heterocycles. The number of hydrogen-bond donors (Lipinski definition) is 2. The largest absolute Gasteiger partial charge is 0.508 e. The minimum atomic E-state index is -5.37.